The summed E-state index contributed by atoms with van der Waals surface area (Å²) >= 11 is 0. The third kappa shape index (κ3) is 3.80. The van der Waals surface area contributed by atoms with E-state index in [-0.39, 0.29) is 11.3 Å². The topological polar surface area (TPSA) is 89.0 Å². The van der Waals surface area contributed by atoms with Gasteiger partial charge in [0.2, 0.25) is 0 Å². The van der Waals surface area contributed by atoms with Crippen molar-refractivity contribution in [2.24, 2.45) is 0 Å². The number of Topliss-reactive ketones (excluding diaryl/α,β-unsaturated/α-hetero) is 1. The van der Waals surface area contributed by atoms with Gasteiger partial charge in [-0.15, -0.1) is 0 Å². The highest BCUT2D eigenvalue weighted by Gasteiger charge is 2.47. The van der Waals surface area contributed by atoms with E-state index in [2.05, 4.69) is 4.98 Å². The molecule has 7 nitrogen and oxygen atoms in total. The molecule has 1 fully saturated rings. The van der Waals surface area contributed by atoms with Gasteiger partial charge in [0.15, 0.2) is 0 Å². The van der Waals surface area contributed by atoms with Gasteiger partial charge in [-0.1, -0.05) is 18.2 Å². The molecular formula is C25H22N2O5. The minimum absolute atomic E-state index is 0.00346. The van der Waals surface area contributed by atoms with Crippen LogP contribution in [0.2, 0.25) is 0 Å². The third-order valence-electron chi connectivity index (χ3n) is 5.22. The molecular weight excluding hydrogens is 408 g/mol. The summed E-state index contributed by atoms with van der Waals surface area (Å²) in [5.74, 6) is -0.673. The molecule has 1 aromatic heterocycles. The van der Waals surface area contributed by atoms with Crippen LogP contribution in [0.5, 0.6) is 11.5 Å². The van der Waals surface area contributed by atoms with Gasteiger partial charge in [-0.3, -0.25) is 19.5 Å². The Kier molecular flexibility index (Phi) is 5.89. The standard InChI is InChI=1S/C25H22N2O5/c1-3-32-20-9-5-7-18(15-20)27-22(16-10-12-26-13-11-16)21(24(29)25(27)30)23(28)17-6-4-8-19(14-17)31-2/h4-15,22,28H,3H2,1-2H3/b23-21+. The number of hydrogen-bond donors (Lipinski definition) is 1. The van der Waals surface area contributed by atoms with Gasteiger partial charge in [-0.25, -0.2) is 0 Å². The van der Waals surface area contributed by atoms with Crippen molar-refractivity contribution < 1.29 is 24.2 Å². The van der Waals surface area contributed by atoms with E-state index in [1.54, 1.807) is 73.1 Å². The number of carbonyl (C=O) groups is 2. The van der Waals surface area contributed by atoms with Crippen molar-refractivity contribution in [1.29, 1.82) is 0 Å². The van der Waals surface area contributed by atoms with E-state index in [1.807, 2.05) is 6.92 Å². The van der Waals surface area contributed by atoms with Crippen molar-refractivity contribution in [2.45, 2.75) is 13.0 Å². The Labute approximate surface area is 185 Å². The van der Waals surface area contributed by atoms with Crippen LogP contribution in [0.4, 0.5) is 5.69 Å². The van der Waals surface area contributed by atoms with Crippen LogP contribution in [-0.4, -0.2) is 35.5 Å². The number of methoxy groups -OCH3 is 1. The molecule has 1 N–H and O–H groups in total. The number of ether oxygens (including phenoxy) is 2. The SMILES string of the molecule is CCOc1cccc(N2C(=O)C(=O)/C(=C(/O)c3cccc(OC)c3)C2c2ccncc2)c1. The molecule has 0 spiro atoms. The average Bonchev–Trinajstić information content (AvgIpc) is 3.10. The highest BCUT2D eigenvalue weighted by Crippen LogP contribution is 2.42. The lowest BCUT2D eigenvalue weighted by atomic mass is 9.95. The number of ketones is 1. The summed E-state index contributed by atoms with van der Waals surface area (Å²) in [7, 11) is 1.51. The third-order valence-corrected chi connectivity index (χ3v) is 5.22. The van der Waals surface area contributed by atoms with Crippen molar-refractivity contribution in [3.05, 3.63) is 89.8 Å². The fraction of sp³-hybridized carbons (Fsp3) is 0.160. The molecule has 1 atom stereocenters. The van der Waals surface area contributed by atoms with Gasteiger partial charge in [0.05, 0.1) is 25.3 Å². The normalized spacial score (nSPS) is 17.4. The monoisotopic (exact) mass is 430 g/mol. The first-order valence-electron chi connectivity index (χ1n) is 10.1. The lowest BCUT2D eigenvalue weighted by Crippen LogP contribution is -2.29. The van der Waals surface area contributed by atoms with Crippen LogP contribution in [-0.2, 0) is 9.59 Å². The van der Waals surface area contributed by atoms with Crippen LogP contribution in [0, 0.1) is 0 Å². The van der Waals surface area contributed by atoms with E-state index < -0.39 is 17.7 Å². The number of hydrogen-bond acceptors (Lipinski definition) is 6. The molecule has 3 aromatic rings. The predicted molar refractivity (Wildman–Crippen MR) is 120 cm³/mol. The zero-order valence-corrected chi connectivity index (χ0v) is 17.7. The zero-order valence-electron chi connectivity index (χ0n) is 17.7. The number of pyridine rings is 1. The molecule has 1 amide bonds. The predicted octanol–water partition coefficient (Wildman–Crippen LogP) is 4.12. The van der Waals surface area contributed by atoms with Crippen LogP contribution >= 0.6 is 0 Å². The smallest absolute Gasteiger partial charge is 0.300 e. The van der Waals surface area contributed by atoms with Crippen LogP contribution in [0.15, 0.2) is 78.6 Å². The molecule has 7 heteroatoms. The van der Waals surface area contributed by atoms with Gasteiger partial charge >= 0.3 is 0 Å². The minimum Gasteiger partial charge on any atom is -0.507 e. The van der Waals surface area contributed by atoms with E-state index in [9.17, 15) is 14.7 Å². The summed E-state index contributed by atoms with van der Waals surface area (Å²) in [5, 5.41) is 11.1. The summed E-state index contributed by atoms with van der Waals surface area (Å²) in [6, 6.07) is 16.3. The van der Waals surface area contributed by atoms with Crippen LogP contribution < -0.4 is 14.4 Å². The van der Waals surface area contributed by atoms with Gasteiger partial charge < -0.3 is 14.6 Å². The molecule has 0 saturated carbocycles. The molecule has 162 valence electrons. The van der Waals surface area contributed by atoms with Gasteiger partial charge in [0.25, 0.3) is 11.7 Å². The maximum atomic E-state index is 13.2. The van der Waals surface area contributed by atoms with Crippen LogP contribution in [0.3, 0.4) is 0 Å². The summed E-state index contributed by atoms with van der Waals surface area (Å²) < 4.78 is 10.8. The Morgan fingerprint density at radius 2 is 1.75 bits per heavy atom. The molecule has 4 rings (SSSR count). The van der Waals surface area contributed by atoms with Gasteiger partial charge in [0, 0.05) is 29.7 Å². The van der Waals surface area contributed by atoms with E-state index in [1.165, 1.54) is 12.0 Å². The molecule has 2 heterocycles. The molecule has 32 heavy (non-hydrogen) atoms. The van der Waals surface area contributed by atoms with Crippen LogP contribution in [0.1, 0.15) is 24.1 Å². The highest BCUT2D eigenvalue weighted by atomic mass is 16.5. The molecule has 0 radical (unpaired) electrons. The van der Waals surface area contributed by atoms with Gasteiger partial charge in [0.1, 0.15) is 17.3 Å². The quantitative estimate of drug-likeness (QED) is 0.360. The van der Waals surface area contributed by atoms with E-state index in [0.717, 1.165) is 0 Å². The molecule has 0 bridgehead atoms. The Hall–Kier alpha value is -4.13. The molecule has 1 aliphatic heterocycles. The fourth-order valence-corrected chi connectivity index (χ4v) is 3.78. The number of nitrogens with zero attached hydrogens (tertiary/aromatic N) is 2. The van der Waals surface area contributed by atoms with Crippen molar-refractivity contribution in [3.8, 4) is 11.5 Å². The van der Waals surface area contributed by atoms with Gasteiger partial charge in [-0.05, 0) is 48.9 Å². The lowest BCUT2D eigenvalue weighted by Gasteiger charge is -2.25. The van der Waals surface area contributed by atoms with Gasteiger partial charge in [-0.2, -0.15) is 0 Å². The summed E-state index contributed by atoms with van der Waals surface area (Å²) in [6.45, 7) is 2.33. The summed E-state index contributed by atoms with van der Waals surface area (Å²) in [5.41, 5.74) is 1.51. The Morgan fingerprint density at radius 1 is 1.03 bits per heavy atom. The first-order valence-corrected chi connectivity index (χ1v) is 10.1. The van der Waals surface area contributed by atoms with E-state index in [0.29, 0.717) is 34.9 Å². The van der Waals surface area contributed by atoms with Crippen molar-refractivity contribution >= 4 is 23.1 Å². The molecule has 1 saturated heterocycles. The number of aliphatic hydroxyl groups is 1. The first kappa shape index (κ1) is 21.1. The maximum Gasteiger partial charge on any atom is 0.300 e. The Bertz CT molecular complexity index is 1190. The number of aliphatic hydroxyl groups excluding tert-OH is 1. The van der Waals surface area contributed by atoms with Crippen molar-refractivity contribution in [3.63, 3.8) is 0 Å². The summed E-state index contributed by atoms with van der Waals surface area (Å²) in [6.07, 6.45) is 3.16. The average molecular weight is 430 g/mol. The molecule has 0 aliphatic carbocycles. The first-order chi connectivity index (χ1) is 15.5. The number of rotatable bonds is 6. The second kappa shape index (κ2) is 8.93. The number of aromatic nitrogens is 1. The zero-order chi connectivity index (χ0) is 22.7. The lowest BCUT2D eigenvalue weighted by molar-refractivity contribution is -0.132. The molecule has 2 aromatic carbocycles. The highest BCUT2D eigenvalue weighted by molar-refractivity contribution is 6.51. The number of amides is 1. The molecule has 1 unspecified atom stereocenters. The number of benzene rings is 2. The molecule has 1 aliphatic rings. The Morgan fingerprint density at radius 3 is 2.47 bits per heavy atom. The Balaban J connectivity index is 1.91. The van der Waals surface area contributed by atoms with E-state index >= 15 is 0 Å². The fourth-order valence-electron chi connectivity index (χ4n) is 3.78. The van der Waals surface area contributed by atoms with Crippen LogP contribution in [0.25, 0.3) is 5.76 Å². The second-order valence-electron chi connectivity index (χ2n) is 7.11. The largest absolute Gasteiger partial charge is 0.507 e. The number of carbonyl (C=O) groups excluding carboxylic acids is 2. The number of anilines is 1. The second-order valence-corrected chi connectivity index (χ2v) is 7.11. The van der Waals surface area contributed by atoms with Crippen molar-refractivity contribution in [2.75, 3.05) is 18.6 Å². The van der Waals surface area contributed by atoms with Crippen molar-refractivity contribution in [1.82, 2.24) is 4.98 Å². The summed E-state index contributed by atoms with van der Waals surface area (Å²) in [4.78, 5) is 31.8. The maximum absolute atomic E-state index is 13.2. The van der Waals surface area contributed by atoms with E-state index in [4.69, 9.17) is 9.47 Å². The minimum atomic E-state index is -0.832.